The molecule has 0 saturated carbocycles. The molecule has 2 rings (SSSR count). The molecule has 1 aromatic rings. The number of nitro groups is 1. The Bertz CT molecular complexity index is 590. The van der Waals surface area contributed by atoms with Gasteiger partial charge in [-0.1, -0.05) is 6.07 Å². The number of benzene rings is 1. The van der Waals surface area contributed by atoms with Gasteiger partial charge in [-0.3, -0.25) is 25.4 Å². The molecule has 0 amide bonds. The Labute approximate surface area is 113 Å². The Morgan fingerprint density at radius 3 is 2.25 bits per heavy atom. The maximum absolute atomic E-state index is 11.8. The third kappa shape index (κ3) is 2.10. The van der Waals surface area contributed by atoms with E-state index >= 15 is 0 Å². The van der Waals surface area contributed by atoms with Crippen LogP contribution in [-0.2, 0) is 25.0 Å². The van der Waals surface area contributed by atoms with Crippen LogP contribution in [0.1, 0.15) is 19.4 Å². The van der Waals surface area contributed by atoms with Crippen LogP contribution in [0.5, 0.6) is 0 Å². The second-order valence-electron chi connectivity index (χ2n) is 4.88. The smallest absolute Gasteiger partial charge is 0.344 e. The van der Waals surface area contributed by atoms with Gasteiger partial charge in [0.2, 0.25) is 0 Å². The van der Waals surface area contributed by atoms with E-state index in [2.05, 4.69) is 0 Å². The summed E-state index contributed by atoms with van der Waals surface area (Å²) in [6.45, 7) is 2.68. The predicted molar refractivity (Wildman–Crippen MR) is 64.9 cm³/mol. The fourth-order valence-electron chi connectivity index (χ4n) is 1.59. The first-order valence-electron chi connectivity index (χ1n) is 5.67. The van der Waals surface area contributed by atoms with E-state index in [0.717, 1.165) is 6.07 Å². The number of nitrogens with two attached hydrogens (primary N) is 1. The van der Waals surface area contributed by atoms with E-state index in [0.29, 0.717) is 0 Å². The van der Waals surface area contributed by atoms with E-state index in [4.69, 9.17) is 15.2 Å². The monoisotopic (exact) mass is 280 g/mol. The molecule has 0 atom stereocenters. The number of carbonyl (C=O) groups excluding carboxylic acids is 2. The number of nitro benzene ring substituents is 1. The Morgan fingerprint density at radius 2 is 1.75 bits per heavy atom. The summed E-state index contributed by atoms with van der Waals surface area (Å²) in [5, 5.41) is 10.7. The molecule has 1 fully saturated rings. The minimum absolute atomic E-state index is 0.00361. The summed E-state index contributed by atoms with van der Waals surface area (Å²) < 4.78 is 9.91. The van der Waals surface area contributed by atoms with Crippen molar-refractivity contribution in [3.05, 3.63) is 39.9 Å². The van der Waals surface area contributed by atoms with E-state index < -0.39 is 28.2 Å². The fourth-order valence-corrected chi connectivity index (χ4v) is 1.59. The molecular weight excluding hydrogens is 268 g/mol. The Kier molecular flexibility index (Phi) is 2.98. The molecule has 1 aliphatic rings. The molecule has 8 heteroatoms. The lowest BCUT2D eigenvalue weighted by atomic mass is 9.92. The van der Waals surface area contributed by atoms with Gasteiger partial charge >= 0.3 is 17.8 Å². The molecule has 1 saturated heterocycles. The first-order valence-corrected chi connectivity index (χ1v) is 5.67. The lowest BCUT2D eigenvalue weighted by molar-refractivity contribution is -0.385. The Hall–Kier alpha value is -2.48. The van der Waals surface area contributed by atoms with E-state index in [9.17, 15) is 19.7 Å². The summed E-state index contributed by atoms with van der Waals surface area (Å²) in [6.07, 6.45) is 0. The molecule has 0 aromatic heterocycles. The van der Waals surface area contributed by atoms with Gasteiger partial charge in [0.15, 0.2) is 5.41 Å². The van der Waals surface area contributed by atoms with E-state index in [1.54, 1.807) is 0 Å². The normalized spacial score (nSPS) is 19.9. The number of hydrogen-bond donors (Lipinski definition) is 1. The standard InChI is InChI=1S/C12H12N2O6/c1-11(2)9(15)19-12(13,20-10(11)16)7-4-3-5-8(6-7)14(17)18/h3-6H,13H2,1-2H3. The number of cyclic esters (lactones) is 2. The molecule has 106 valence electrons. The zero-order chi connectivity index (χ0) is 15.1. The molecule has 0 spiro atoms. The maximum Gasteiger partial charge on any atom is 0.344 e. The lowest BCUT2D eigenvalue weighted by Gasteiger charge is -2.38. The van der Waals surface area contributed by atoms with Crippen molar-refractivity contribution in [2.75, 3.05) is 0 Å². The van der Waals surface area contributed by atoms with Crippen molar-refractivity contribution in [3.63, 3.8) is 0 Å². The van der Waals surface area contributed by atoms with Gasteiger partial charge in [0.25, 0.3) is 5.69 Å². The number of rotatable bonds is 2. The van der Waals surface area contributed by atoms with Gasteiger partial charge in [-0.2, -0.15) is 0 Å². The molecule has 2 N–H and O–H groups in total. The third-order valence-electron chi connectivity index (χ3n) is 2.97. The van der Waals surface area contributed by atoms with Crippen LogP contribution in [0, 0.1) is 15.5 Å². The van der Waals surface area contributed by atoms with Gasteiger partial charge in [-0.15, -0.1) is 0 Å². The van der Waals surface area contributed by atoms with Crippen molar-refractivity contribution in [2.24, 2.45) is 11.1 Å². The molecule has 0 unspecified atom stereocenters. The van der Waals surface area contributed by atoms with E-state index in [-0.39, 0.29) is 11.3 Å². The van der Waals surface area contributed by atoms with Crippen LogP contribution in [-0.4, -0.2) is 16.9 Å². The second-order valence-corrected chi connectivity index (χ2v) is 4.88. The molecule has 1 heterocycles. The maximum atomic E-state index is 11.8. The van der Waals surface area contributed by atoms with Crippen molar-refractivity contribution >= 4 is 17.6 Å². The number of ether oxygens (including phenoxy) is 2. The molecule has 0 radical (unpaired) electrons. The van der Waals surface area contributed by atoms with Crippen molar-refractivity contribution in [1.82, 2.24) is 0 Å². The molecule has 1 aliphatic heterocycles. The summed E-state index contributed by atoms with van der Waals surface area (Å²) in [5.74, 6) is -3.87. The number of nitrogens with zero attached hydrogens (tertiary/aromatic N) is 1. The largest absolute Gasteiger partial charge is 0.404 e. The Balaban J connectivity index is 2.42. The van der Waals surface area contributed by atoms with Crippen molar-refractivity contribution < 1.29 is 24.0 Å². The summed E-state index contributed by atoms with van der Waals surface area (Å²) in [6, 6.07) is 5.04. The van der Waals surface area contributed by atoms with Gasteiger partial charge in [-0.05, 0) is 19.9 Å². The minimum atomic E-state index is -2.16. The van der Waals surface area contributed by atoms with Crippen molar-refractivity contribution in [3.8, 4) is 0 Å². The SMILES string of the molecule is CC1(C)C(=O)OC(N)(c2cccc([N+](=O)[O-])c2)OC1=O. The first kappa shape index (κ1) is 13.9. The number of non-ortho nitro benzene ring substituents is 1. The van der Waals surface area contributed by atoms with Gasteiger partial charge in [0.05, 0.1) is 10.5 Å². The number of esters is 2. The molecule has 1 aromatic carbocycles. The fraction of sp³-hybridized carbons (Fsp3) is 0.333. The predicted octanol–water partition coefficient (Wildman–Crippen LogP) is 0.790. The summed E-state index contributed by atoms with van der Waals surface area (Å²) >= 11 is 0. The highest BCUT2D eigenvalue weighted by molar-refractivity contribution is 6.00. The van der Waals surface area contributed by atoms with Crippen LogP contribution in [0.15, 0.2) is 24.3 Å². The minimum Gasteiger partial charge on any atom is -0.404 e. The third-order valence-corrected chi connectivity index (χ3v) is 2.97. The number of carbonyl (C=O) groups is 2. The van der Waals surface area contributed by atoms with Crippen LogP contribution in [0.25, 0.3) is 0 Å². The molecule has 0 aliphatic carbocycles. The Morgan fingerprint density at radius 1 is 1.20 bits per heavy atom. The first-order chi connectivity index (χ1) is 9.17. The molecule has 20 heavy (non-hydrogen) atoms. The topological polar surface area (TPSA) is 122 Å². The van der Waals surface area contributed by atoms with Crippen LogP contribution in [0.3, 0.4) is 0 Å². The average molecular weight is 280 g/mol. The van der Waals surface area contributed by atoms with Crippen LogP contribution in [0.2, 0.25) is 0 Å². The lowest BCUT2D eigenvalue weighted by Crippen LogP contribution is -2.56. The zero-order valence-corrected chi connectivity index (χ0v) is 10.8. The van der Waals surface area contributed by atoms with Crippen LogP contribution < -0.4 is 5.73 Å². The quantitative estimate of drug-likeness (QED) is 0.367. The van der Waals surface area contributed by atoms with Gasteiger partial charge in [0, 0.05) is 12.1 Å². The molecular formula is C12H12N2O6. The summed E-state index contributed by atoms with van der Waals surface area (Å²) in [7, 11) is 0. The van der Waals surface area contributed by atoms with Crippen molar-refractivity contribution in [1.29, 1.82) is 0 Å². The van der Waals surface area contributed by atoms with Crippen LogP contribution >= 0.6 is 0 Å². The highest BCUT2D eigenvalue weighted by Crippen LogP contribution is 2.35. The van der Waals surface area contributed by atoms with Crippen LogP contribution in [0.4, 0.5) is 5.69 Å². The molecule has 8 nitrogen and oxygen atoms in total. The van der Waals surface area contributed by atoms with Gasteiger partial charge < -0.3 is 9.47 Å². The number of hydrogen-bond acceptors (Lipinski definition) is 7. The zero-order valence-electron chi connectivity index (χ0n) is 10.8. The van der Waals surface area contributed by atoms with Gasteiger partial charge in [-0.25, -0.2) is 0 Å². The van der Waals surface area contributed by atoms with E-state index in [1.165, 1.54) is 32.0 Å². The average Bonchev–Trinajstić information content (AvgIpc) is 2.37. The molecule has 0 bridgehead atoms. The highest BCUT2D eigenvalue weighted by atomic mass is 16.8. The summed E-state index contributed by atoms with van der Waals surface area (Å²) in [4.78, 5) is 33.7. The van der Waals surface area contributed by atoms with E-state index in [1.807, 2.05) is 0 Å². The van der Waals surface area contributed by atoms with Gasteiger partial charge in [0.1, 0.15) is 0 Å². The van der Waals surface area contributed by atoms with Crippen molar-refractivity contribution in [2.45, 2.75) is 19.8 Å². The highest BCUT2D eigenvalue weighted by Gasteiger charge is 2.53. The second kappa shape index (κ2) is 4.27. The summed E-state index contributed by atoms with van der Waals surface area (Å²) in [5.41, 5.74) is 4.02.